The Morgan fingerprint density at radius 3 is 1.74 bits per heavy atom. The Bertz CT molecular complexity index is 4010. The Morgan fingerprint density at radius 1 is 0.420 bits per heavy atom. The van der Waals surface area contributed by atoms with E-state index in [9.17, 15) is 0 Å². The van der Waals surface area contributed by atoms with Gasteiger partial charge in [0.05, 0.1) is 16.6 Å². The monoisotopic (exact) mass is 914 g/mol. The first-order valence-electron chi connectivity index (χ1n) is 23.6. The summed E-state index contributed by atoms with van der Waals surface area (Å²) in [6, 6.07) is 87.9. The van der Waals surface area contributed by atoms with Crippen molar-refractivity contribution < 1.29 is 4.42 Å². The number of hydrogen-bond acceptors (Lipinski definition) is 4. The normalized spacial score (nSPS) is 13.3. The molecule has 0 unspecified atom stereocenters. The molecule has 9 aromatic carbocycles. The molecule has 14 rings (SSSR count). The van der Waals surface area contributed by atoms with Crippen molar-refractivity contribution in [2.45, 2.75) is 0 Å². The lowest BCUT2D eigenvalue weighted by Crippen LogP contribution is -2.78. The summed E-state index contributed by atoms with van der Waals surface area (Å²) < 4.78 is 9.02. The molecule has 324 valence electrons. The third kappa shape index (κ3) is 5.63. The van der Waals surface area contributed by atoms with Gasteiger partial charge in [0, 0.05) is 40.4 Å². The second-order valence-electron chi connectivity index (χ2n) is 18.1. The quantitative estimate of drug-likeness (QED) is 0.0909. The molecule has 0 saturated carbocycles. The predicted octanol–water partition coefficient (Wildman–Crippen LogP) is 9.47. The van der Waals surface area contributed by atoms with Gasteiger partial charge in [-0.2, -0.15) is 0 Å². The molecule has 5 heterocycles. The molecule has 7 heteroatoms. The Hall–Kier alpha value is -8.63. The highest BCUT2D eigenvalue weighted by Gasteiger charge is 2.51. The summed E-state index contributed by atoms with van der Waals surface area (Å²) in [5, 5.41) is 16.1. The van der Waals surface area contributed by atoms with Crippen LogP contribution in [0.1, 0.15) is 0 Å². The molecule has 0 aliphatic carbocycles. The van der Waals surface area contributed by atoms with E-state index in [1.165, 1.54) is 52.3 Å². The molecular weight excluding hydrogens is 873 g/mol. The van der Waals surface area contributed by atoms with Crippen LogP contribution in [-0.2, 0) is 0 Å². The number of imidazole rings is 1. The fourth-order valence-electron chi connectivity index (χ4n) is 11.9. The van der Waals surface area contributed by atoms with Crippen molar-refractivity contribution in [3.63, 3.8) is 0 Å². The number of nitrogens with zero attached hydrogens (tertiary/aromatic N) is 4. The molecule has 0 bridgehead atoms. The van der Waals surface area contributed by atoms with Crippen LogP contribution in [0.5, 0.6) is 0 Å². The summed E-state index contributed by atoms with van der Waals surface area (Å²) in [6.45, 7) is 0. The lowest BCUT2D eigenvalue weighted by molar-refractivity contribution is 0.669. The molecule has 4 aromatic heterocycles. The van der Waals surface area contributed by atoms with Gasteiger partial charge in [-0.05, 0) is 83.3 Å². The second kappa shape index (κ2) is 15.5. The first kappa shape index (κ1) is 39.5. The molecule has 0 spiro atoms. The average molecular weight is 915 g/mol. The summed E-state index contributed by atoms with van der Waals surface area (Å²) >= 11 is 0. The number of benzene rings is 9. The lowest BCUT2D eigenvalue weighted by atomic mass is 10.1. The summed E-state index contributed by atoms with van der Waals surface area (Å²) in [5.41, 5.74) is 6.06. The summed E-state index contributed by atoms with van der Waals surface area (Å²) in [4.78, 5) is 12.7. The van der Waals surface area contributed by atoms with Crippen molar-refractivity contribution in [3.05, 3.63) is 255 Å². The molecule has 0 N–H and O–H groups in total. The van der Waals surface area contributed by atoms with Crippen molar-refractivity contribution in [2.24, 2.45) is 0 Å². The summed E-state index contributed by atoms with van der Waals surface area (Å²) in [7, 11) is -6.35. The van der Waals surface area contributed by atoms with Crippen LogP contribution in [0.3, 0.4) is 0 Å². The number of aromatic nitrogens is 3. The third-order valence-corrected chi connectivity index (χ3v) is 24.3. The second-order valence-corrected chi connectivity index (χ2v) is 25.6. The van der Waals surface area contributed by atoms with E-state index in [2.05, 4.69) is 246 Å². The molecule has 1 aliphatic rings. The van der Waals surface area contributed by atoms with Crippen LogP contribution < -0.4 is 46.4 Å². The largest absolute Gasteiger partial charge is 0.456 e. The Morgan fingerprint density at radius 2 is 1.03 bits per heavy atom. The standard InChI is InChI=1S/C62H42N4OSi2/c1-5-19-43(20-6-1)68(44-21-7-2-8-22-44,47-32-34-49-50-27-13-15-29-53(50)65-40-39-64-62(65)52(49)41-47)48-33-36-57-54(42-48)66(59-31-17-18-38-63-59)61-58(37-35-56-60(61)51-28-14-16-30-55(51)67-56)69(57,45-23-9-3-10-24-45)46-25-11-4-12-26-46/h1-42H. The molecule has 0 radical (unpaired) electrons. The number of rotatable bonds is 7. The number of para-hydroxylation sites is 2. The first-order chi connectivity index (χ1) is 34.2. The van der Waals surface area contributed by atoms with Gasteiger partial charge in [-0.25, -0.2) is 9.97 Å². The molecule has 0 amide bonds. The van der Waals surface area contributed by atoms with Gasteiger partial charge in [0.2, 0.25) is 0 Å². The van der Waals surface area contributed by atoms with E-state index in [-0.39, 0.29) is 0 Å². The molecule has 5 nitrogen and oxygen atoms in total. The Labute approximate surface area is 400 Å². The van der Waals surface area contributed by atoms with E-state index in [1.807, 2.05) is 18.5 Å². The highest BCUT2D eigenvalue weighted by Crippen LogP contribution is 2.44. The van der Waals surface area contributed by atoms with E-state index >= 15 is 0 Å². The number of fused-ring (bicyclic) bond motifs is 12. The van der Waals surface area contributed by atoms with Gasteiger partial charge in [-0.3, -0.25) is 9.30 Å². The Kier molecular flexibility index (Phi) is 8.86. The van der Waals surface area contributed by atoms with Gasteiger partial charge in [0.25, 0.3) is 0 Å². The summed E-state index contributed by atoms with van der Waals surface area (Å²) in [5.74, 6) is 0.852. The minimum atomic E-state index is -3.21. The van der Waals surface area contributed by atoms with Crippen molar-refractivity contribution in [1.29, 1.82) is 0 Å². The molecule has 13 aromatic rings. The lowest BCUT2D eigenvalue weighted by Gasteiger charge is -2.45. The number of hydrogen-bond donors (Lipinski definition) is 0. The van der Waals surface area contributed by atoms with Crippen LogP contribution in [0.15, 0.2) is 260 Å². The number of anilines is 3. The average Bonchev–Trinajstić information content (AvgIpc) is 4.08. The van der Waals surface area contributed by atoms with E-state index in [1.54, 1.807) is 0 Å². The van der Waals surface area contributed by atoms with Gasteiger partial charge < -0.3 is 4.42 Å². The molecule has 1 aliphatic heterocycles. The topological polar surface area (TPSA) is 46.6 Å². The van der Waals surface area contributed by atoms with E-state index in [4.69, 9.17) is 14.4 Å². The van der Waals surface area contributed by atoms with Crippen molar-refractivity contribution in [3.8, 4) is 0 Å². The van der Waals surface area contributed by atoms with Crippen LogP contribution in [-0.4, -0.2) is 30.5 Å². The van der Waals surface area contributed by atoms with Crippen LogP contribution >= 0.6 is 0 Å². The maximum atomic E-state index is 6.78. The van der Waals surface area contributed by atoms with Crippen LogP contribution in [0.4, 0.5) is 17.2 Å². The van der Waals surface area contributed by atoms with Crippen LogP contribution in [0.2, 0.25) is 0 Å². The first-order valence-corrected chi connectivity index (χ1v) is 27.6. The third-order valence-electron chi connectivity index (χ3n) is 14.7. The van der Waals surface area contributed by atoms with Crippen molar-refractivity contribution in [2.75, 3.05) is 4.90 Å². The van der Waals surface area contributed by atoms with E-state index in [0.29, 0.717) is 0 Å². The predicted molar refractivity (Wildman–Crippen MR) is 291 cm³/mol. The Balaban J connectivity index is 1.17. The fraction of sp³-hybridized carbons (Fsp3) is 0. The minimum absolute atomic E-state index is 0.852. The summed E-state index contributed by atoms with van der Waals surface area (Å²) in [6.07, 6.45) is 5.93. The van der Waals surface area contributed by atoms with Crippen molar-refractivity contribution in [1.82, 2.24) is 14.4 Å². The van der Waals surface area contributed by atoms with Crippen molar-refractivity contribution >= 4 is 124 Å². The smallest absolute Gasteiger partial charge is 0.184 e. The van der Waals surface area contributed by atoms with E-state index in [0.717, 1.165) is 55.7 Å². The molecule has 0 atom stereocenters. The highest BCUT2D eigenvalue weighted by atomic mass is 28.3. The van der Waals surface area contributed by atoms with Gasteiger partial charge in [0.1, 0.15) is 22.6 Å². The number of furan rings is 1. The number of pyridine rings is 2. The van der Waals surface area contributed by atoms with Gasteiger partial charge >= 0.3 is 0 Å². The zero-order chi connectivity index (χ0) is 45.5. The maximum absolute atomic E-state index is 6.78. The molecule has 0 saturated heterocycles. The molecular formula is C62H42N4OSi2. The van der Waals surface area contributed by atoms with Crippen LogP contribution in [0.25, 0.3) is 49.3 Å². The SMILES string of the molecule is c1ccc([Si](c2ccccc2)(c2ccc3c(c2)N(c2ccccn2)c2c(ccc4oc5ccccc5c24)[Si]3(c2ccccc2)c2ccccc2)c2ccc3c4ccccc4n4ccnc4c3c2)cc1. The molecule has 69 heavy (non-hydrogen) atoms. The van der Waals surface area contributed by atoms with Gasteiger partial charge in [0.15, 0.2) is 16.1 Å². The molecule has 0 fully saturated rings. The minimum Gasteiger partial charge on any atom is -0.456 e. The zero-order valence-corrected chi connectivity index (χ0v) is 39.4. The zero-order valence-electron chi connectivity index (χ0n) is 37.4. The highest BCUT2D eigenvalue weighted by molar-refractivity contribution is 7.22. The van der Waals surface area contributed by atoms with Gasteiger partial charge in [-0.1, -0.05) is 200 Å². The van der Waals surface area contributed by atoms with Gasteiger partial charge in [-0.15, -0.1) is 0 Å². The van der Waals surface area contributed by atoms with Crippen LogP contribution in [0, 0.1) is 0 Å². The van der Waals surface area contributed by atoms with E-state index < -0.39 is 16.1 Å². The fourth-order valence-corrected chi connectivity index (χ4v) is 21.8. The maximum Gasteiger partial charge on any atom is 0.184 e.